The van der Waals surface area contributed by atoms with E-state index in [0.717, 1.165) is 22.5 Å². The van der Waals surface area contributed by atoms with Gasteiger partial charge < -0.3 is 0 Å². The van der Waals surface area contributed by atoms with Crippen LogP contribution < -0.4 is 0 Å². The van der Waals surface area contributed by atoms with E-state index < -0.39 is 0 Å². The van der Waals surface area contributed by atoms with E-state index in [-0.39, 0.29) is 0 Å². The topological polar surface area (TPSA) is 24.7 Å². The van der Waals surface area contributed by atoms with E-state index in [4.69, 9.17) is 0 Å². The summed E-state index contributed by atoms with van der Waals surface area (Å²) >= 11 is 0. The molecule has 0 aliphatic carbocycles. The highest BCUT2D eigenvalue weighted by molar-refractivity contribution is 6.17. The third kappa shape index (κ3) is 3.81. The molecule has 0 saturated carbocycles. The first-order valence-corrected chi connectivity index (χ1v) is 13.6. The van der Waals surface area contributed by atoms with Crippen LogP contribution in [-0.2, 0) is 0 Å². The van der Waals surface area contributed by atoms with E-state index in [1.54, 1.807) is 0 Å². The normalized spacial score (nSPS) is 11.9. The highest BCUT2D eigenvalue weighted by Gasteiger charge is 2.11. The molecule has 0 saturated heterocycles. The maximum absolute atomic E-state index is 4.66. The third-order valence-electron chi connectivity index (χ3n) is 7.88. The molecule has 0 heterocycles. The van der Waals surface area contributed by atoms with Gasteiger partial charge in [-0.1, -0.05) is 91.0 Å². The Kier molecular flexibility index (Phi) is 5.17. The molecule has 2 heteroatoms. The van der Waals surface area contributed by atoms with E-state index in [0.29, 0.717) is 0 Å². The van der Waals surface area contributed by atoms with Crippen LogP contribution in [0.4, 0.5) is 11.4 Å². The lowest BCUT2D eigenvalue weighted by Crippen LogP contribution is -1.85. The van der Waals surface area contributed by atoms with Crippen molar-refractivity contribution >= 4 is 65.2 Å². The molecule has 0 aliphatic rings. The molecule has 0 aromatic heterocycles. The Hall–Kier alpha value is -5.34. The summed E-state index contributed by atoms with van der Waals surface area (Å²) in [5.74, 6) is 0. The Balaban J connectivity index is 1.35. The second kappa shape index (κ2) is 9.14. The fraction of sp³-hybridized carbons (Fsp3) is 0. The van der Waals surface area contributed by atoms with Gasteiger partial charge in [0, 0.05) is 5.56 Å². The molecule has 0 bridgehead atoms. The molecule has 40 heavy (non-hydrogen) atoms. The van der Waals surface area contributed by atoms with Gasteiger partial charge in [-0.25, -0.2) is 0 Å². The first-order chi connectivity index (χ1) is 19.8. The maximum atomic E-state index is 4.66. The van der Waals surface area contributed by atoms with Crippen molar-refractivity contribution in [2.24, 2.45) is 10.2 Å². The van der Waals surface area contributed by atoms with Crippen LogP contribution in [0.1, 0.15) is 0 Å². The van der Waals surface area contributed by atoms with Gasteiger partial charge in [-0.2, -0.15) is 5.11 Å². The largest absolute Gasteiger partial charge is 0.151 e. The molecule has 0 aliphatic heterocycles. The van der Waals surface area contributed by atoms with Crippen LogP contribution in [0.5, 0.6) is 0 Å². The van der Waals surface area contributed by atoms with Gasteiger partial charge >= 0.3 is 0 Å². The molecule has 0 radical (unpaired) electrons. The van der Waals surface area contributed by atoms with E-state index in [1.165, 1.54) is 53.9 Å². The number of rotatable bonds is 3. The molecule has 8 aromatic carbocycles. The third-order valence-corrected chi connectivity index (χ3v) is 7.88. The van der Waals surface area contributed by atoms with E-state index in [2.05, 4.69) is 113 Å². The molecule has 0 unspecified atom stereocenters. The molecule has 0 atom stereocenters. The van der Waals surface area contributed by atoms with Crippen molar-refractivity contribution < 1.29 is 0 Å². The molecule has 2 nitrogen and oxygen atoms in total. The summed E-state index contributed by atoms with van der Waals surface area (Å²) in [6, 6.07) is 51.7. The summed E-state index contributed by atoms with van der Waals surface area (Å²) < 4.78 is 0. The highest BCUT2D eigenvalue weighted by atomic mass is 15.1. The fourth-order valence-corrected chi connectivity index (χ4v) is 5.90. The van der Waals surface area contributed by atoms with Crippen LogP contribution in [0.2, 0.25) is 0 Å². The first-order valence-electron chi connectivity index (χ1n) is 13.6. The minimum Gasteiger partial charge on any atom is -0.151 e. The average Bonchev–Trinajstić information content (AvgIpc) is 3.01. The van der Waals surface area contributed by atoms with Crippen LogP contribution in [0.15, 0.2) is 156 Å². The van der Waals surface area contributed by atoms with E-state index in [1.807, 2.05) is 42.5 Å². The van der Waals surface area contributed by atoms with Gasteiger partial charge in [0.1, 0.15) is 0 Å². The Bertz CT molecular complexity index is 2260. The van der Waals surface area contributed by atoms with E-state index >= 15 is 0 Å². The smallest absolute Gasteiger partial charge is 0.0935 e. The predicted octanol–water partition coefficient (Wildman–Crippen LogP) is 11.5. The minimum atomic E-state index is 0.840. The SMILES string of the molecule is c1ccc(N=Nc2ccccc2-c2cccc3cc4ccc5cc6cc7ccccc7cc6cc5c4cc23)cc1. The van der Waals surface area contributed by atoms with Crippen molar-refractivity contribution in [1.29, 1.82) is 0 Å². The van der Waals surface area contributed by atoms with Crippen molar-refractivity contribution in [3.63, 3.8) is 0 Å². The van der Waals surface area contributed by atoms with Crippen LogP contribution in [0.3, 0.4) is 0 Å². The minimum absolute atomic E-state index is 0.840. The quantitative estimate of drug-likeness (QED) is 0.129. The average molecular weight is 509 g/mol. The van der Waals surface area contributed by atoms with Gasteiger partial charge in [-0.05, 0) is 114 Å². The van der Waals surface area contributed by atoms with Crippen LogP contribution in [0, 0.1) is 0 Å². The molecule has 0 N–H and O–H groups in total. The zero-order chi connectivity index (χ0) is 26.5. The second-order valence-corrected chi connectivity index (χ2v) is 10.3. The lowest BCUT2D eigenvalue weighted by Gasteiger charge is -2.13. The van der Waals surface area contributed by atoms with Crippen LogP contribution >= 0.6 is 0 Å². The number of nitrogens with zero attached hydrogens (tertiary/aromatic N) is 2. The lowest BCUT2D eigenvalue weighted by molar-refractivity contribution is 1.23. The van der Waals surface area contributed by atoms with Crippen LogP contribution in [-0.4, -0.2) is 0 Å². The Morgan fingerprint density at radius 1 is 0.300 bits per heavy atom. The van der Waals surface area contributed by atoms with Crippen molar-refractivity contribution in [2.45, 2.75) is 0 Å². The van der Waals surface area contributed by atoms with Gasteiger partial charge in [0.15, 0.2) is 0 Å². The Morgan fingerprint density at radius 3 is 1.65 bits per heavy atom. The number of azo groups is 1. The van der Waals surface area contributed by atoms with Gasteiger partial charge in [0.05, 0.1) is 11.4 Å². The summed E-state index contributed by atoms with van der Waals surface area (Å²) in [6.07, 6.45) is 0. The summed E-state index contributed by atoms with van der Waals surface area (Å²) in [4.78, 5) is 0. The summed E-state index contributed by atoms with van der Waals surface area (Å²) in [7, 11) is 0. The molecular weight excluding hydrogens is 484 g/mol. The van der Waals surface area contributed by atoms with Gasteiger partial charge in [-0.15, -0.1) is 5.11 Å². The number of fused-ring (bicyclic) bond motifs is 6. The van der Waals surface area contributed by atoms with E-state index in [9.17, 15) is 0 Å². The lowest BCUT2D eigenvalue weighted by atomic mass is 9.92. The molecule has 8 aromatic rings. The van der Waals surface area contributed by atoms with Gasteiger partial charge in [0.2, 0.25) is 0 Å². The van der Waals surface area contributed by atoms with Crippen molar-refractivity contribution in [3.05, 3.63) is 146 Å². The summed E-state index contributed by atoms with van der Waals surface area (Å²) in [5, 5.41) is 21.7. The van der Waals surface area contributed by atoms with Crippen molar-refractivity contribution in [2.75, 3.05) is 0 Å². The monoisotopic (exact) mass is 508 g/mol. The predicted molar refractivity (Wildman–Crippen MR) is 170 cm³/mol. The molecule has 186 valence electrons. The summed E-state index contributed by atoms with van der Waals surface area (Å²) in [6.45, 7) is 0. The van der Waals surface area contributed by atoms with Crippen molar-refractivity contribution in [3.8, 4) is 11.1 Å². The van der Waals surface area contributed by atoms with Gasteiger partial charge in [0.25, 0.3) is 0 Å². The summed E-state index contributed by atoms with van der Waals surface area (Å²) in [5.41, 5.74) is 3.93. The zero-order valence-corrected chi connectivity index (χ0v) is 21.8. The van der Waals surface area contributed by atoms with Crippen molar-refractivity contribution in [1.82, 2.24) is 0 Å². The second-order valence-electron chi connectivity index (χ2n) is 10.3. The molecule has 8 rings (SSSR count). The number of hydrogen-bond donors (Lipinski definition) is 0. The number of hydrogen-bond acceptors (Lipinski definition) is 2. The Morgan fingerprint density at radius 2 is 0.850 bits per heavy atom. The van der Waals surface area contributed by atoms with Crippen LogP contribution in [0.25, 0.3) is 65.0 Å². The Labute approximate surface area is 231 Å². The highest BCUT2D eigenvalue weighted by Crippen LogP contribution is 2.39. The zero-order valence-electron chi connectivity index (χ0n) is 21.8. The number of benzene rings is 8. The first kappa shape index (κ1) is 22.6. The molecule has 0 fully saturated rings. The molecule has 0 spiro atoms. The fourth-order valence-electron chi connectivity index (χ4n) is 5.90. The molecular formula is C38H24N2. The maximum Gasteiger partial charge on any atom is 0.0935 e. The molecule has 0 amide bonds. The van der Waals surface area contributed by atoms with Gasteiger partial charge in [-0.3, -0.25) is 0 Å². The standard InChI is InChI=1S/C38H24N2/c1-2-12-32(13-3-1)39-40-38-16-7-6-14-34(38)33-15-8-11-27-21-28-17-18-29-22-30-19-25-9-4-5-10-26(25)20-31(30)23-35(29)37(28)24-36(27)33/h1-24H.